The van der Waals surface area contributed by atoms with Crippen molar-refractivity contribution in [2.24, 2.45) is 5.92 Å². The molecule has 152 valence electrons. The first-order valence-electron chi connectivity index (χ1n) is 10.2. The predicted octanol–water partition coefficient (Wildman–Crippen LogP) is 4.62. The summed E-state index contributed by atoms with van der Waals surface area (Å²) in [7, 11) is 1.65. The maximum atomic E-state index is 12.3. The molecule has 5 nitrogen and oxygen atoms in total. The van der Waals surface area contributed by atoms with E-state index in [9.17, 15) is 4.79 Å². The Bertz CT molecular complexity index is 938. The molecule has 0 unspecified atom stereocenters. The van der Waals surface area contributed by atoms with Gasteiger partial charge in [-0.2, -0.15) is 0 Å². The first-order valence-corrected chi connectivity index (χ1v) is 11.0. The van der Waals surface area contributed by atoms with Crippen LogP contribution in [0.4, 0.5) is 5.13 Å². The van der Waals surface area contributed by atoms with Crippen LogP contribution in [-0.2, 0) is 11.3 Å². The van der Waals surface area contributed by atoms with E-state index < -0.39 is 0 Å². The van der Waals surface area contributed by atoms with Crippen LogP contribution in [0, 0.1) is 5.92 Å². The Morgan fingerprint density at radius 3 is 3.03 bits per heavy atom. The highest BCUT2D eigenvalue weighted by atomic mass is 32.1. The molecule has 1 atom stereocenters. The Labute approximate surface area is 175 Å². The lowest BCUT2D eigenvalue weighted by molar-refractivity contribution is -0.121. The maximum absolute atomic E-state index is 12.3. The summed E-state index contributed by atoms with van der Waals surface area (Å²) < 4.78 is 6.47. The van der Waals surface area contributed by atoms with Crippen LogP contribution in [-0.4, -0.2) is 31.1 Å². The molecular weight excluding hydrogens is 382 g/mol. The first kappa shape index (κ1) is 19.7. The number of fused-ring (bicyclic) bond motifs is 1. The van der Waals surface area contributed by atoms with Crippen molar-refractivity contribution in [2.75, 3.05) is 25.1 Å². The minimum Gasteiger partial charge on any atom is -0.497 e. The van der Waals surface area contributed by atoms with Gasteiger partial charge in [0.15, 0.2) is 5.13 Å². The second kappa shape index (κ2) is 9.27. The fourth-order valence-electron chi connectivity index (χ4n) is 3.88. The molecule has 1 amide bonds. The lowest BCUT2D eigenvalue weighted by Gasteiger charge is -2.32. The van der Waals surface area contributed by atoms with E-state index in [1.807, 2.05) is 30.3 Å². The number of amides is 1. The fourth-order valence-corrected chi connectivity index (χ4v) is 4.88. The van der Waals surface area contributed by atoms with Crippen molar-refractivity contribution in [1.29, 1.82) is 0 Å². The number of nitrogens with one attached hydrogen (secondary N) is 1. The van der Waals surface area contributed by atoms with E-state index in [0.717, 1.165) is 47.9 Å². The number of para-hydroxylation sites is 1. The van der Waals surface area contributed by atoms with Gasteiger partial charge in [0, 0.05) is 26.1 Å². The van der Waals surface area contributed by atoms with Gasteiger partial charge in [-0.05, 0) is 55.0 Å². The van der Waals surface area contributed by atoms with Gasteiger partial charge < -0.3 is 15.0 Å². The normalized spacial score (nSPS) is 16.7. The van der Waals surface area contributed by atoms with Crippen LogP contribution in [0.3, 0.4) is 0 Å². The van der Waals surface area contributed by atoms with Crippen LogP contribution < -0.4 is 15.0 Å². The van der Waals surface area contributed by atoms with Crippen molar-refractivity contribution >= 4 is 32.6 Å². The van der Waals surface area contributed by atoms with Crippen LogP contribution in [0.15, 0.2) is 48.5 Å². The van der Waals surface area contributed by atoms with Gasteiger partial charge in [0.1, 0.15) is 5.75 Å². The van der Waals surface area contributed by atoms with Crippen molar-refractivity contribution in [3.63, 3.8) is 0 Å². The van der Waals surface area contributed by atoms with Crippen LogP contribution in [0.2, 0.25) is 0 Å². The molecule has 1 aliphatic heterocycles. The highest BCUT2D eigenvalue weighted by Gasteiger charge is 2.23. The maximum Gasteiger partial charge on any atom is 0.220 e. The quantitative estimate of drug-likeness (QED) is 0.619. The molecule has 0 radical (unpaired) electrons. The van der Waals surface area contributed by atoms with Crippen LogP contribution in [0.5, 0.6) is 5.75 Å². The second-order valence-electron chi connectivity index (χ2n) is 7.59. The third-order valence-corrected chi connectivity index (χ3v) is 6.57. The molecule has 0 spiro atoms. The molecule has 1 N–H and O–H groups in total. The molecule has 1 aromatic heterocycles. The summed E-state index contributed by atoms with van der Waals surface area (Å²) in [6.07, 6.45) is 3.84. The smallest absolute Gasteiger partial charge is 0.220 e. The highest BCUT2D eigenvalue weighted by Crippen LogP contribution is 2.32. The number of piperidine rings is 1. The van der Waals surface area contributed by atoms with Gasteiger partial charge in [0.05, 0.1) is 17.3 Å². The van der Waals surface area contributed by atoms with E-state index in [0.29, 0.717) is 18.9 Å². The molecule has 2 aromatic carbocycles. The predicted molar refractivity (Wildman–Crippen MR) is 119 cm³/mol. The average Bonchev–Trinajstić information content (AvgIpc) is 3.21. The number of carbonyl (C=O) groups is 1. The Balaban J connectivity index is 1.26. The number of methoxy groups -OCH3 is 1. The number of anilines is 1. The number of thiazole rings is 1. The third kappa shape index (κ3) is 5.07. The van der Waals surface area contributed by atoms with Gasteiger partial charge in [-0.1, -0.05) is 35.6 Å². The number of benzene rings is 2. The van der Waals surface area contributed by atoms with Gasteiger partial charge in [0.2, 0.25) is 5.91 Å². The summed E-state index contributed by atoms with van der Waals surface area (Å²) in [5.41, 5.74) is 2.13. The standard InChI is InChI=1S/C23H27N3O2S/c1-28-19-8-4-6-18(14-19)15-24-22(27)12-11-17-7-5-13-26(16-17)23-25-20-9-2-3-10-21(20)29-23/h2-4,6,8-10,14,17H,5,7,11-13,15-16H2,1H3,(H,24,27)/t17-/m1/s1. The molecule has 0 bridgehead atoms. The van der Waals surface area contributed by atoms with Gasteiger partial charge >= 0.3 is 0 Å². The van der Waals surface area contributed by atoms with Crippen molar-refractivity contribution in [3.8, 4) is 5.75 Å². The van der Waals surface area contributed by atoms with Gasteiger partial charge in [0.25, 0.3) is 0 Å². The summed E-state index contributed by atoms with van der Waals surface area (Å²) in [5.74, 6) is 1.47. The van der Waals surface area contributed by atoms with Gasteiger partial charge in [-0.15, -0.1) is 0 Å². The minimum absolute atomic E-state index is 0.116. The Kier molecular flexibility index (Phi) is 6.30. The number of carbonyl (C=O) groups excluding carboxylic acids is 1. The lowest BCUT2D eigenvalue weighted by Crippen LogP contribution is -2.36. The summed E-state index contributed by atoms with van der Waals surface area (Å²) in [5, 5.41) is 4.14. The van der Waals surface area contributed by atoms with E-state index in [4.69, 9.17) is 9.72 Å². The largest absolute Gasteiger partial charge is 0.497 e. The zero-order valence-electron chi connectivity index (χ0n) is 16.8. The monoisotopic (exact) mass is 409 g/mol. The highest BCUT2D eigenvalue weighted by molar-refractivity contribution is 7.22. The van der Waals surface area contributed by atoms with Crippen molar-refractivity contribution in [1.82, 2.24) is 10.3 Å². The van der Waals surface area contributed by atoms with Crippen molar-refractivity contribution in [2.45, 2.75) is 32.2 Å². The Morgan fingerprint density at radius 1 is 1.28 bits per heavy atom. The van der Waals surface area contributed by atoms with Gasteiger partial charge in [-0.3, -0.25) is 4.79 Å². The van der Waals surface area contributed by atoms with Crippen LogP contribution >= 0.6 is 11.3 Å². The van der Waals surface area contributed by atoms with Crippen molar-refractivity contribution < 1.29 is 9.53 Å². The third-order valence-electron chi connectivity index (χ3n) is 5.48. The zero-order valence-corrected chi connectivity index (χ0v) is 17.6. The summed E-state index contributed by atoms with van der Waals surface area (Å²) in [6.45, 7) is 2.58. The molecule has 29 heavy (non-hydrogen) atoms. The molecule has 3 aromatic rings. The van der Waals surface area contributed by atoms with Crippen LogP contribution in [0.25, 0.3) is 10.2 Å². The molecule has 0 saturated carbocycles. The lowest BCUT2D eigenvalue weighted by atomic mass is 9.93. The van der Waals surface area contributed by atoms with E-state index >= 15 is 0 Å². The summed E-state index contributed by atoms with van der Waals surface area (Å²) in [6, 6.07) is 16.1. The summed E-state index contributed by atoms with van der Waals surface area (Å²) >= 11 is 1.76. The van der Waals surface area contributed by atoms with E-state index in [-0.39, 0.29) is 5.91 Å². The van der Waals surface area contributed by atoms with E-state index in [2.05, 4.69) is 28.4 Å². The van der Waals surface area contributed by atoms with Crippen LogP contribution in [0.1, 0.15) is 31.2 Å². The molecule has 1 fully saturated rings. The number of aromatic nitrogens is 1. The SMILES string of the molecule is COc1cccc(CNC(=O)CC[C@H]2CCCN(c3nc4ccccc4s3)C2)c1. The topological polar surface area (TPSA) is 54.5 Å². The van der Waals surface area contributed by atoms with E-state index in [1.54, 1.807) is 18.4 Å². The number of hydrogen-bond donors (Lipinski definition) is 1. The van der Waals surface area contributed by atoms with E-state index in [1.165, 1.54) is 11.1 Å². The summed E-state index contributed by atoms with van der Waals surface area (Å²) in [4.78, 5) is 19.5. The molecule has 4 rings (SSSR count). The average molecular weight is 410 g/mol. The van der Waals surface area contributed by atoms with Gasteiger partial charge in [-0.25, -0.2) is 4.98 Å². The molecule has 0 aliphatic carbocycles. The Morgan fingerprint density at radius 2 is 2.17 bits per heavy atom. The zero-order chi connectivity index (χ0) is 20.1. The molecular formula is C23H27N3O2S. The molecule has 1 aliphatic rings. The second-order valence-corrected chi connectivity index (χ2v) is 8.59. The fraction of sp³-hybridized carbons (Fsp3) is 0.391. The molecule has 6 heteroatoms. The first-order chi connectivity index (χ1) is 14.2. The minimum atomic E-state index is 0.116. The number of ether oxygens (including phenoxy) is 1. The van der Waals surface area contributed by atoms with Crippen molar-refractivity contribution in [3.05, 3.63) is 54.1 Å². The number of nitrogens with zero attached hydrogens (tertiary/aromatic N) is 2. The number of rotatable bonds is 7. The Hall–Kier alpha value is -2.60. The number of hydrogen-bond acceptors (Lipinski definition) is 5. The molecule has 2 heterocycles. The molecule has 1 saturated heterocycles.